The molecule has 1 atom stereocenters. The van der Waals surface area contributed by atoms with Gasteiger partial charge in [0.05, 0.1) is 32.9 Å². The van der Waals surface area contributed by atoms with E-state index in [2.05, 4.69) is 34.6 Å². The summed E-state index contributed by atoms with van der Waals surface area (Å²) in [5, 5.41) is 6.81. The first-order valence-electron chi connectivity index (χ1n) is 11.4. The molecule has 1 saturated carbocycles. The maximum Gasteiger partial charge on any atom is 0.191 e. The van der Waals surface area contributed by atoms with Crippen LogP contribution in [0.25, 0.3) is 0 Å². The minimum Gasteiger partial charge on any atom is -0.497 e. The van der Waals surface area contributed by atoms with E-state index in [0.29, 0.717) is 6.54 Å². The second-order valence-corrected chi connectivity index (χ2v) is 7.96. The van der Waals surface area contributed by atoms with Gasteiger partial charge in [-0.1, -0.05) is 12.1 Å². The van der Waals surface area contributed by atoms with Crippen molar-refractivity contribution < 1.29 is 14.2 Å². The summed E-state index contributed by atoms with van der Waals surface area (Å²) in [5.74, 6) is 2.57. The van der Waals surface area contributed by atoms with Crippen molar-refractivity contribution in [2.45, 2.75) is 32.2 Å². The van der Waals surface area contributed by atoms with Gasteiger partial charge in [-0.05, 0) is 49.8 Å². The molecule has 1 aromatic rings. The highest BCUT2D eigenvalue weighted by molar-refractivity contribution is 5.79. The number of aliphatic imine (C=N–C) groups is 1. The van der Waals surface area contributed by atoms with E-state index in [1.54, 1.807) is 7.11 Å². The maximum atomic E-state index is 5.72. The predicted octanol–water partition coefficient (Wildman–Crippen LogP) is 2.44. The van der Waals surface area contributed by atoms with E-state index in [1.807, 2.05) is 12.1 Å². The molecule has 7 heteroatoms. The number of hydrogen-bond acceptors (Lipinski definition) is 5. The van der Waals surface area contributed by atoms with Crippen LogP contribution in [0.4, 0.5) is 0 Å². The van der Waals surface area contributed by atoms with E-state index >= 15 is 0 Å². The number of ether oxygens (including phenoxy) is 3. The number of nitrogens with zero attached hydrogens (tertiary/aromatic N) is 2. The Morgan fingerprint density at radius 1 is 1.20 bits per heavy atom. The molecule has 0 radical (unpaired) electrons. The van der Waals surface area contributed by atoms with E-state index < -0.39 is 0 Å². The first-order valence-corrected chi connectivity index (χ1v) is 11.4. The van der Waals surface area contributed by atoms with Gasteiger partial charge in [0, 0.05) is 39.4 Å². The maximum absolute atomic E-state index is 5.72. The number of methoxy groups -OCH3 is 1. The van der Waals surface area contributed by atoms with E-state index in [1.165, 1.54) is 18.4 Å². The lowest BCUT2D eigenvalue weighted by Gasteiger charge is -2.34. The largest absolute Gasteiger partial charge is 0.497 e. The monoisotopic (exact) mass is 418 g/mol. The number of benzene rings is 1. The molecule has 2 aliphatic rings. The molecule has 0 amide bonds. The van der Waals surface area contributed by atoms with E-state index in [4.69, 9.17) is 19.2 Å². The molecule has 0 spiro atoms. The quantitative estimate of drug-likeness (QED) is 0.309. The van der Waals surface area contributed by atoms with Gasteiger partial charge < -0.3 is 24.8 Å². The third kappa shape index (κ3) is 7.78. The summed E-state index contributed by atoms with van der Waals surface area (Å²) in [7, 11) is 1.70. The van der Waals surface area contributed by atoms with Crippen molar-refractivity contribution in [3.63, 3.8) is 0 Å². The molecule has 1 aliphatic carbocycles. The normalized spacial score (nSPS) is 18.8. The predicted molar refractivity (Wildman–Crippen MR) is 120 cm³/mol. The topological polar surface area (TPSA) is 67.4 Å². The summed E-state index contributed by atoms with van der Waals surface area (Å²) < 4.78 is 16.6. The highest BCUT2D eigenvalue weighted by Gasteiger charge is 2.23. The van der Waals surface area contributed by atoms with Crippen LogP contribution in [-0.2, 0) is 9.47 Å². The molecule has 30 heavy (non-hydrogen) atoms. The second-order valence-electron chi connectivity index (χ2n) is 7.96. The summed E-state index contributed by atoms with van der Waals surface area (Å²) in [4.78, 5) is 7.37. The number of hydrogen-bond donors (Lipinski definition) is 2. The Bertz CT molecular complexity index is 628. The third-order valence-corrected chi connectivity index (χ3v) is 5.56. The summed E-state index contributed by atoms with van der Waals surface area (Å²) in [6, 6.07) is 8.56. The number of guanidine groups is 1. The highest BCUT2D eigenvalue weighted by atomic mass is 16.5. The van der Waals surface area contributed by atoms with Gasteiger partial charge in [0.2, 0.25) is 0 Å². The summed E-state index contributed by atoms with van der Waals surface area (Å²) in [6.07, 6.45) is 3.67. The molecule has 1 saturated heterocycles. The van der Waals surface area contributed by atoms with E-state index in [-0.39, 0.29) is 6.04 Å². The first-order chi connectivity index (χ1) is 14.8. The zero-order valence-corrected chi connectivity index (χ0v) is 18.6. The van der Waals surface area contributed by atoms with Crippen molar-refractivity contribution >= 4 is 5.96 Å². The number of morpholine rings is 1. The van der Waals surface area contributed by atoms with Gasteiger partial charge in [-0.15, -0.1) is 0 Å². The van der Waals surface area contributed by atoms with Gasteiger partial charge in [0.25, 0.3) is 0 Å². The fourth-order valence-electron chi connectivity index (χ4n) is 3.58. The van der Waals surface area contributed by atoms with Crippen LogP contribution in [-0.4, -0.2) is 77.1 Å². The van der Waals surface area contributed by atoms with Gasteiger partial charge >= 0.3 is 0 Å². The lowest BCUT2D eigenvalue weighted by Crippen LogP contribution is -2.42. The van der Waals surface area contributed by atoms with Crippen molar-refractivity contribution in [2.24, 2.45) is 10.9 Å². The van der Waals surface area contributed by atoms with Crippen LogP contribution in [0.5, 0.6) is 5.75 Å². The van der Waals surface area contributed by atoms with Crippen LogP contribution in [0.15, 0.2) is 29.3 Å². The molecule has 0 bridgehead atoms. The van der Waals surface area contributed by atoms with Crippen LogP contribution in [0, 0.1) is 5.92 Å². The van der Waals surface area contributed by atoms with Crippen molar-refractivity contribution in [1.82, 2.24) is 15.5 Å². The van der Waals surface area contributed by atoms with Gasteiger partial charge in [-0.2, -0.15) is 0 Å². The van der Waals surface area contributed by atoms with Crippen LogP contribution >= 0.6 is 0 Å². The minimum atomic E-state index is 0.220. The third-order valence-electron chi connectivity index (χ3n) is 5.56. The van der Waals surface area contributed by atoms with Gasteiger partial charge in [-0.25, -0.2) is 0 Å². The number of nitrogens with one attached hydrogen (secondary N) is 2. The average Bonchev–Trinajstić information content (AvgIpc) is 3.62. The minimum absolute atomic E-state index is 0.220. The Balaban J connectivity index is 1.55. The van der Waals surface area contributed by atoms with Crippen LogP contribution in [0.2, 0.25) is 0 Å². The van der Waals surface area contributed by atoms with Crippen LogP contribution < -0.4 is 15.4 Å². The second kappa shape index (κ2) is 12.8. The standard InChI is InChI=1S/C23H38N4O3/c1-3-24-23(25-11-4-14-30-18-19-5-6-19)26-17-22(27-12-15-29-16-13-27)20-7-9-21(28-2)10-8-20/h7-10,19,22H,3-6,11-18H2,1-2H3,(H2,24,25,26). The Morgan fingerprint density at radius 2 is 1.97 bits per heavy atom. The Hall–Kier alpha value is -1.83. The molecule has 0 aromatic heterocycles. The zero-order valence-electron chi connectivity index (χ0n) is 18.6. The highest BCUT2D eigenvalue weighted by Crippen LogP contribution is 2.28. The SMILES string of the molecule is CCNC(=NCC(c1ccc(OC)cc1)N1CCOCC1)NCCCOCC1CC1. The summed E-state index contributed by atoms with van der Waals surface area (Å²) >= 11 is 0. The van der Waals surface area contributed by atoms with Gasteiger partial charge in [-0.3, -0.25) is 9.89 Å². The Labute approximate surface area is 181 Å². The van der Waals surface area contributed by atoms with Crippen LogP contribution in [0.3, 0.4) is 0 Å². The lowest BCUT2D eigenvalue weighted by atomic mass is 10.0. The molecule has 2 fully saturated rings. The molecule has 1 unspecified atom stereocenters. The Kier molecular flexibility index (Phi) is 9.73. The zero-order chi connectivity index (χ0) is 21.0. The fourth-order valence-corrected chi connectivity index (χ4v) is 3.58. The molecule has 1 aliphatic heterocycles. The van der Waals surface area contributed by atoms with Crippen molar-refractivity contribution in [3.05, 3.63) is 29.8 Å². The average molecular weight is 419 g/mol. The van der Waals surface area contributed by atoms with Crippen molar-refractivity contribution in [2.75, 3.05) is 66.3 Å². The first kappa shape index (κ1) is 22.8. The van der Waals surface area contributed by atoms with E-state index in [9.17, 15) is 0 Å². The molecular weight excluding hydrogens is 380 g/mol. The molecule has 1 aromatic carbocycles. The van der Waals surface area contributed by atoms with Crippen molar-refractivity contribution in [1.29, 1.82) is 0 Å². The summed E-state index contributed by atoms with van der Waals surface area (Å²) in [6.45, 7) is 9.63. The lowest BCUT2D eigenvalue weighted by molar-refractivity contribution is 0.0179. The molecule has 2 N–H and O–H groups in total. The van der Waals surface area contributed by atoms with Gasteiger partial charge in [0.1, 0.15) is 5.75 Å². The Morgan fingerprint density at radius 3 is 2.63 bits per heavy atom. The number of rotatable bonds is 12. The fraction of sp³-hybridized carbons (Fsp3) is 0.696. The van der Waals surface area contributed by atoms with Crippen LogP contribution in [0.1, 0.15) is 37.8 Å². The smallest absolute Gasteiger partial charge is 0.191 e. The molecule has 168 valence electrons. The molecule has 7 nitrogen and oxygen atoms in total. The summed E-state index contributed by atoms with van der Waals surface area (Å²) in [5.41, 5.74) is 1.26. The molecule has 3 rings (SSSR count). The van der Waals surface area contributed by atoms with E-state index in [0.717, 1.165) is 76.7 Å². The van der Waals surface area contributed by atoms with Gasteiger partial charge in [0.15, 0.2) is 5.96 Å². The van der Waals surface area contributed by atoms with Crippen molar-refractivity contribution in [3.8, 4) is 5.75 Å². The molecular formula is C23H38N4O3. The molecule has 1 heterocycles.